The smallest absolute Gasteiger partial charge is 0.212 e. The van der Waals surface area contributed by atoms with Crippen LogP contribution in [0.15, 0.2) is 18.2 Å². The zero-order valence-electron chi connectivity index (χ0n) is 6.40. The summed E-state index contributed by atoms with van der Waals surface area (Å²) in [7, 11) is 1.44. The van der Waals surface area contributed by atoms with Crippen LogP contribution in [0.3, 0.4) is 0 Å². The van der Waals surface area contributed by atoms with Crippen LogP contribution in [0.2, 0.25) is 10.0 Å². The lowest BCUT2D eigenvalue weighted by Gasteiger charge is -2.02. The second-order valence-electron chi connectivity index (χ2n) is 2.16. The minimum Gasteiger partial charge on any atom is -0.481 e. The third kappa shape index (κ3) is 1.90. The number of hydrogen-bond donors (Lipinski definition) is 1. The van der Waals surface area contributed by atoms with Crippen molar-refractivity contribution in [3.8, 4) is 0 Å². The molecule has 0 bridgehead atoms. The molecule has 0 aliphatic rings. The van der Waals surface area contributed by atoms with E-state index in [0.717, 1.165) is 0 Å². The van der Waals surface area contributed by atoms with Gasteiger partial charge in [0.2, 0.25) is 5.90 Å². The number of methoxy groups -OCH3 is 1. The fourth-order valence-corrected chi connectivity index (χ4v) is 1.05. The molecule has 64 valence electrons. The Hall–Kier alpha value is -0.730. The topological polar surface area (TPSA) is 33.1 Å². The summed E-state index contributed by atoms with van der Waals surface area (Å²) in [5.74, 6) is 0.0774. The van der Waals surface area contributed by atoms with E-state index in [1.54, 1.807) is 18.2 Å². The van der Waals surface area contributed by atoms with Crippen molar-refractivity contribution in [1.82, 2.24) is 0 Å². The fourth-order valence-electron chi connectivity index (χ4n) is 0.755. The first-order chi connectivity index (χ1) is 5.65. The molecule has 1 N–H and O–H groups in total. The molecular weight excluding hydrogens is 197 g/mol. The van der Waals surface area contributed by atoms with Crippen LogP contribution in [0.4, 0.5) is 0 Å². The molecular formula is C8H7Cl2NO. The second kappa shape index (κ2) is 3.78. The summed E-state index contributed by atoms with van der Waals surface area (Å²) in [5, 5.41) is 8.22. The van der Waals surface area contributed by atoms with E-state index in [1.165, 1.54) is 7.11 Å². The van der Waals surface area contributed by atoms with Gasteiger partial charge in [-0.1, -0.05) is 23.2 Å². The molecule has 0 aliphatic carbocycles. The first-order valence-electron chi connectivity index (χ1n) is 3.23. The fraction of sp³-hybridized carbons (Fsp3) is 0.125. The van der Waals surface area contributed by atoms with Crippen molar-refractivity contribution in [2.45, 2.75) is 0 Å². The lowest BCUT2D eigenvalue weighted by atomic mass is 10.2. The summed E-state index contributed by atoms with van der Waals surface area (Å²) in [6.07, 6.45) is 0. The van der Waals surface area contributed by atoms with Gasteiger partial charge in [0.05, 0.1) is 17.2 Å². The Kier molecular flexibility index (Phi) is 2.95. The molecule has 1 aromatic rings. The Morgan fingerprint density at radius 3 is 2.50 bits per heavy atom. The minimum absolute atomic E-state index is 0.0774. The molecule has 0 aromatic heterocycles. The first-order valence-corrected chi connectivity index (χ1v) is 3.98. The highest BCUT2D eigenvalue weighted by molar-refractivity contribution is 6.42. The molecule has 0 unspecified atom stereocenters. The van der Waals surface area contributed by atoms with E-state index in [0.29, 0.717) is 15.6 Å². The van der Waals surface area contributed by atoms with Gasteiger partial charge < -0.3 is 4.74 Å². The van der Waals surface area contributed by atoms with Crippen LogP contribution in [0.5, 0.6) is 0 Å². The van der Waals surface area contributed by atoms with Crippen LogP contribution in [0, 0.1) is 5.41 Å². The third-order valence-electron chi connectivity index (χ3n) is 1.39. The van der Waals surface area contributed by atoms with Crippen molar-refractivity contribution in [3.05, 3.63) is 33.8 Å². The highest BCUT2D eigenvalue weighted by Gasteiger charge is 2.03. The second-order valence-corrected chi connectivity index (χ2v) is 2.98. The van der Waals surface area contributed by atoms with Crippen LogP contribution >= 0.6 is 23.2 Å². The standard InChI is InChI=1S/C8H7Cl2NO/c1-12-8(11)5-2-3-6(9)7(10)4-5/h2-4,11H,1H3. The zero-order valence-corrected chi connectivity index (χ0v) is 7.91. The van der Waals surface area contributed by atoms with Gasteiger partial charge in [-0.25, -0.2) is 0 Å². The van der Waals surface area contributed by atoms with Crippen LogP contribution in [-0.2, 0) is 4.74 Å². The van der Waals surface area contributed by atoms with Crippen LogP contribution in [0.1, 0.15) is 5.56 Å². The highest BCUT2D eigenvalue weighted by atomic mass is 35.5. The monoisotopic (exact) mass is 203 g/mol. The highest BCUT2D eigenvalue weighted by Crippen LogP contribution is 2.22. The largest absolute Gasteiger partial charge is 0.481 e. The van der Waals surface area contributed by atoms with E-state index in [2.05, 4.69) is 0 Å². The maximum atomic E-state index is 7.32. The van der Waals surface area contributed by atoms with Gasteiger partial charge in [-0.2, -0.15) is 0 Å². The predicted octanol–water partition coefficient (Wildman–Crippen LogP) is 2.97. The SMILES string of the molecule is COC(=N)c1ccc(Cl)c(Cl)c1. The Morgan fingerprint density at radius 2 is 2.00 bits per heavy atom. The molecule has 0 saturated carbocycles. The molecule has 0 amide bonds. The van der Waals surface area contributed by atoms with Gasteiger partial charge in [0, 0.05) is 5.56 Å². The molecule has 0 atom stereocenters. The van der Waals surface area contributed by atoms with E-state index in [4.69, 9.17) is 33.3 Å². The number of ether oxygens (including phenoxy) is 1. The average Bonchev–Trinajstić information content (AvgIpc) is 2.08. The average molecular weight is 204 g/mol. The van der Waals surface area contributed by atoms with E-state index in [-0.39, 0.29) is 5.90 Å². The summed E-state index contributed by atoms with van der Waals surface area (Å²) in [6.45, 7) is 0. The molecule has 4 heteroatoms. The molecule has 1 aromatic carbocycles. The van der Waals surface area contributed by atoms with Crippen LogP contribution in [0.25, 0.3) is 0 Å². The van der Waals surface area contributed by atoms with Gasteiger partial charge >= 0.3 is 0 Å². The third-order valence-corrected chi connectivity index (χ3v) is 2.12. The lowest BCUT2D eigenvalue weighted by molar-refractivity contribution is 0.401. The van der Waals surface area contributed by atoms with E-state index in [1.807, 2.05) is 0 Å². The molecule has 0 saturated heterocycles. The summed E-state index contributed by atoms with van der Waals surface area (Å²) in [4.78, 5) is 0. The van der Waals surface area contributed by atoms with Crippen molar-refractivity contribution < 1.29 is 4.74 Å². The summed E-state index contributed by atoms with van der Waals surface area (Å²) >= 11 is 11.4. The Bertz CT molecular complexity index is 312. The Labute approximate surface area is 80.6 Å². The number of rotatable bonds is 1. The Morgan fingerprint density at radius 1 is 1.33 bits per heavy atom. The quantitative estimate of drug-likeness (QED) is 0.553. The molecule has 0 radical (unpaired) electrons. The van der Waals surface area contributed by atoms with Crippen molar-refractivity contribution in [1.29, 1.82) is 5.41 Å². The van der Waals surface area contributed by atoms with Crippen molar-refractivity contribution in [3.63, 3.8) is 0 Å². The molecule has 2 nitrogen and oxygen atoms in total. The van der Waals surface area contributed by atoms with Crippen molar-refractivity contribution in [2.75, 3.05) is 7.11 Å². The number of nitrogens with one attached hydrogen (secondary N) is 1. The molecule has 0 heterocycles. The van der Waals surface area contributed by atoms with E-state index < -0.39 is 0 Å². The van der Waals surface area contributed by atoms with Gasteiger partial charge in [0.15, 0.2) is 0 Å². The maximum absolute atomic E-state index is 7.32. The molecule has 1 rings (SSSR count). The van der Waals surface area contributed by atoms with E-state index in [9.17, 15) is 0 Å². The predicted molar refractivity (Wildman–Crippen MR) is 50.3 cm³/mol. The zero-order chi connectivity index (χ0) is 9.14. The van der Waals surface area contributed by atoms with Crippen LogP contribution in [-0.4, -0.2) is 13.0 Å². The molecule has 0 fully saturated rings. The van der Waals surface area contributed by atoms with Gasteiger partial charge in [0.1, 0.15) is 0 Å². The normalized spacial score (nSPS) is 9.58. The van der Waals surface area contributed by atoms with Crippen molar-refractivity contribution in [2.24, 2.45) is 0 Å². The molecule has 0 spiro atoms. The van der Waals surface area contributed by atoms with Gasteiger partial charge in [-0.15, -0.1) is 0 Å². The number of hydrogen-bond acceptors (Lipinski definition) is 2. The molecule has 0 aliphatic heterocycles. The van der Waals surface area contributed by atoms with Crippen molar-refractivity contribution >= 4 is 29.1 Å². The maximum Gasteiger partial charge on any atom is 0.212 e. The Balaban J connectivity index is 3.05. The lowest BCUT2D eigenvalue weighted by Crippen LogP contribution is -2.00. The van der Waals surface area contributed by atoms with Gasteiger partial charge in [-0.05, 0) is 18.2 Å². The minimum atomic E-state index is 0.0774. The first kappa shape index (κ1) is 9.36. The number of halogens is 2. The summed E-state index contributed by atoms with van der Waals surface area (Å²) < 4.78 is 4.71. The van der Waals surface area contributed by atoms with Crippen LogP contribution < -0.4 is 0 Å². The van der Waals surface area contributed by atoms with E-state index >= 15 is 0 Å². The summed E-state index contributed by atoms with van der Waals surface area (Å²) in [5.41, 5.74) is 0.618. The number of benzene rings is 1. The van der Waals surface area contributed by atoms with Gasteiger partial charge in [-0.3, -0.25) is 5.41 Å². The van der Waals surface area contributed by atoms with Gasteiger partial charge in [0.25, 0.3) is 0 Å². The summed E-state index contributed by atoms with van der Waals surface area (Å²) in [6, 6.07) is 4.91. The molecule has 12 heavy (non-hydrogen) atoms.